The van der Waals surface area contributed by atoms with Gasteiger partial charge in [0.2, 0.25) is 17.7 Å². The van der Waals surface area contributed by atoms with Crippen LogP contribution in [0.15, 0.2) is 60.7 Å². The maximum absolute atomic E-state index is 14.4. The third kappa shape index (κ3) is 4.94. The monoisotopic (exact) mass is 561 g/mol. The number of aliphatic hydroxyl groups is 1. The number of aliphatic hydroxyl groups excluding tert-OH is 1. The van der Waals surface area contributed by atoms with Crippen molar-refractivity contribution < 1.29 is 19.5 Å². The third-order valence-corrected chi connectivity index (χ3v) is 11.4. The summed E-state index contributed by atoms with van der Waals surface area (Å²) in [6, 6.07) is 18.5. The molecule has 2 aromatic rings. The lowest BCUT2D eigenvalue weighted by Gasteiger charge is -2.38. The van der Waals surface area contributed by atoms with Crippen molar-refractivity contribution in [2.24, 2.45) is 11.8 Å². The zero-order valence-corrected chi connectivity index (χ0v) is 23.7. The number of carbonyl (C=O) groups is 3. The Balaban J connectivity index is 1.30. The van der Waals surface area contributed by atoms with E-state index < -0.39 is 28.7 Å². The molecule has 6 atom stereocenters. The zero-order chi connectivity index (χ0) is 27.7. The highest BCUT2D eigenvalue weighted by Gasteiger charge is 2.74. The van der Waals surface area contributed by atoms with E-state index in [0.717, 1.165) is 49.7 Å². The Labute approximate surface area is 240 Å². The van der Waals surface area contributed by atoms with Crippen LogP contribution in [0, 0.1) is 11.8 Å². The van der Waals surface area contributed by atoms with Crippen LogP contribution >= 0.6 is 11.8 Å². The molecule has 1 spiro atoms. The Morgan fingerprint density at radius 3 is 2.30 bits per heavy atom. The summed E-state index contributed by atoms with van der Waals surface area (Å²) in [7, 11) is 0. The van der Waals surface area contributed by atoms with Crippen molar-refractivity contribution in [3.63, 3.8) is 0 Å². The zero-order valence-electron chi connectivity index (χ0n) is 22.8. The van der Waals surface area contributed by atoms with Crippen LogP contribution < -0.4 is 10.6 Å². The van der Waals surface area contributed by atoms with Crippen molar-refractivity contribution in [1.82, 2.24) is 15.5 Å². The molecule has 6 rings (SSSR count). The Morgan fingerprint density at radius 1 is 0.950 bits per heavy atom. The van der Waals surface area contributed by atoms with E-state index in [4.69, 9.17) is 0 Å². The Kier molecular flexibility index (Phi) is 7.91. The molecule has 8 heteroatoms. The van der Waals surface area contributed by atoms with Crippen molar-refractivity contribution in [2.45, 2.75) is 86.0 Å². The molecular formula is C32H39N3O4S. The van der Waals surface area contributed by atoms with Gasteiger partial charge in [-0.2, -0.15) is 0 Å². The Bertz CT molecular complexity index is 1220. The number of nitrogens with one attached hydrogen (secondary N) is 2. The molecule has 0 aromatic heterocycles. The smallest absolute Gasteiger partial charge is 0.244 e. The van der Waals surface area contributed by atoms with Crippen LogP contribution in [0.1, 0.15) is 56.1 Å². The molecule has 4 aliphatic rings. The van der Waals surface area contributed by atoms with Gasteiger partial charge in [0.15, 0.2) is 0 Å². The lowest BCUT2D eigenvalue weighted by molar-refractivity contribution is -0.143. The number of thioether (sulfide) groups is 1. The molecular weight excluding hydrogens is 522 g/mol. The Morgan fingerprint density at radius 2 is 1.62 bits per heavy atom. The molecule has 7 nitrogen and oxygen atoms in total. The van der Waals surface area contributed by atoms with E-state index in [1.54, 1.807) is 16.7 Å². The van der Waals surface area contributed by atoms with Crippen molar-refractivity contribution in [1.29, 1.82) is 0 Å². The standard InChI is InChI=1S/C32H39N3O4S/c36-20-24(18-21-10-4-1-5-11-21)35-28(30(38)34-23-14-8-3-9-15-23)32-17-16-25(40-32)26(27(32)31(35)39)29(37)33-19-22-12-6-2-7-13-22/h1-2,4-7,10-13,23-28,36H,3,8-9,14-20H2,(H,33,37)(H,34,38)/t24-,25+,26-,27+,28?,32?/m1/s1. The van der Waals surface area contributed by atoms with E-state index in [1.807, 2.05) is 60.7 Å². The van der Waals surface area contributed by atoms with Gasteiger partial charge < -0.3 is 20.6 Å². The van der Waals surface area contributed by atoms with Crippen LogP contribution in [0.5, 0.6) is 0 Å². The number of hydrogen-bond acceptors (Lipinski definition) is 5. The normalized spacial score (nSPS) is 30.2. The minimum Gasteiger partial charge on any atom is -0.394 e. The summed E-state index contributed by atoms with van der Waals surface area (Å²) in [5, 5.41) is 17.0. The SMILES string of the molecule is O=C(NC1CCCCC1)C1N([C@@H](CO)Cc2ccccc2)C(=O)[C@@H]2[C@H](C(=O)NCc3ccccc3)[C@@H]3CCC12S3. The quantitative estimate of drug-likeness (QED) is 0.436. The number of amides is 3. The lowest BCUT2D eigenvalue weighted by atomic mass is 9.70. The number of hydrogen-bond donors (Lipinski definition) is 3. The first-order valence-corrected chi connectivity index (χ1v) is 15.7. The van der Waals surface area contributed by atoms with Crippen LogP contribution in [-0.4, -0.2) is 62.5 Å². The fourth-order valence-corrected chi connectivity index (χ4v) is 9.86. The summed E-state index contributed by atoms with van der Waals surface area (Å²) in [6.45, 7) is 0.166. The maximum Gasteiger partial charge on any atom is 0.244 e. The van der Waals surface area contributed by atoms with Gasteiger partial charge in [0.1, 0.15) is 6.04 Å². The van der Waals surface area contributed by atoms with Crippen LogP contribution in [0.2, 0.25) is 0 Å². The second-order valence-electron chi connectivity index (χ2n) is 11.9. The van der Waals surface area contributed by atoms with Crippen LogP contribution in [0.3, 0.4) is 0 Å². The molecule has 4 fully saturated rings. The number of rotatable bonds is 9. The van der Waals surface area contributed by atoms with E-state index in [1.165, 1.54) is 6.42 Å². The molecule has 0 radical (unpaired) electrons. The Hall–Kier alpha value is -2.84. The van der Waals surface area contributed by atoms with Crippen molar-refractivity contribution in [2.75, 3.05) is 6.61 Å². The van der Waals surface area contributed by atoms with E-state index in [2.05, 4.69) is 10.6 Å². The number of fused-ring (bicyclic) bond motifs is 1. The van der Waals surface area contributed by atoms with Gasteiger partial charge in [0, 0.05) is 17.8 Å². The van der Waals surface area contributed by atoms with Gasteiger partial charge in [0.05, 0.1) is 29.2 Å². The molecule has 3 aliphatic heterocycles. The highest BCUT2D eigenvalue weighted by atomic mass is 32.2. The summed E-state index contributed by atoms with van der Waals surface area (Å²) in [6.07, 6.45) is 7.28. The first-order valence-electron chi connectivity index (χ1n) is 14.8. The summed E-state index contributed by atoms with van der Waals surface area (Å²) in [5.41, 5.74) is 2.01. The molecule has 40 heavy (non-hydrogen) atoms. The lowest BCUT2D eigenvalue weighted by Crippen LogP contribution is -2.58. The van der Waals surface area contributed by atoms with Crippen molar-refractivity contribution >= 4 is 29.5 Å². The van der Waals surface area contributed by atoms with Gasteiger partial charge in [-0.1, -0.05) is 79.9 Å². The fourth-order valence-electron chi connectivity index (χ4n) is 7.65. The minimum atomic E-state index is -0.699. The van der Waals surface area contributed by atoms with Gasteiger partial charge >= 0.3 is 0 Å². The summed E-state index contributed by atoms with van der Waals surface area (Å²) < 4.78 is -0.653. The maximum atomic E-state index is 14.4. The molecule has 3 heterocycles. The number of carbonyl (C=O) groups excluding carboxylic acids is 3. The average molecular weight is 562 g/mol. The minimum absolute atomic E-state index is 0.0125. The first kappa shape index (κ1) is 27.3. The average Bonchev–Trinajstić information content (AvgIpc) is 3.63. The molecule has 2 bridgehead atoms. The van der Waals surface area contributed by atoms with Gasteiger partial charge in [0.25, 0.3) is 0 Å². The fraction of sp³-hybridized carbons (Fsp3) is 0.531. The van der Waals surface area contributed by atoms with E-state index >= 15 is 0 Å². The number of nitrogens with zero attached hydrogens (tertiary/aromatic N) is 1. The summed E-state index contributed by atoms with van der Waals surface area (Å²) >= 11 is 1.68. The molecule has 3 amide bonds. The highest BCUT2D eigenvalue weighted by molar-refractivity contribution is 8.02. The van der Waals surface area contributed by atoms with Crippen molar-refractivity contribution in [3.8, 4) is 0 Å². The molecule has 2 aromatic carbocycles. The third-order valence-electron chi connectivity index (χ3n) is 9.47. The second kappa shape index (κ2) is 11.6. The molecule has 212 valence electrons. The molecule has 1 aliphatic carbocycles. The summed E-state index contributed by atoms with van der Waals surface area (Å²) in [5.74, 6) is -1.45. The summed E-state index contributed by atoms with van der Waals surface area (Å²) in [4.78, 5) is 43.9. The second-order valence-corrected chi connectivity index (χ2v) is 13.5. The van der Waals surface area contributed by atoms with Gasteiger partial charge in [-0.05, 0) is 43.2 Å². The molecule has 2 unspecified atom stereocenters. The van der Waals surface area contributed by atoms with Crippen molar-refractivity contribution in [3.05, 3.63) is 71.8 Å². The topological polar surface area (TPSA) is 98.7 Å². The largest absolute Gasteiger partial charge is 0.394 e. The molecule has 3 N–H and O–H groups in total. The van der Waals surface area contributed by atoms with E-state index in [-0.39, 0.29) is 35.6 Å². The van der Waals surface area contributed by atoms with Gasteiger partial charge in [-0.15, -0.1) is 11.8 Å². The highest BCUT2D eigenvalue weighted by Crippen LogP contribution is 2.66. The van der Waals surface area contributed by atoms with E-state index in [9.17, 15) is 19.5 Å². The van der Waals surface area contributed by atoms with Crippen LogP contribution in [0.25, 0.3) is 0 Å². The predicted molar refractivity (Wildman–Crippen MR) is 155 cm³/mol. The van der Waals surface area contributed by atoms with Gasteiger partial charge in [-0.25, -0.2) is 0 Å². The first-order chi connectivity index (χ1) is 19.5. The number of benzene rings is 2. The van der Waals surface area contributed by atoms with Gasteiger partial charge in [-0.3, -0.25) is 14.4 Å². The molecule has 3 saturated heterocycles. The van der Waals surface area contributed by atoms with Crippen LogP contribution in [-0.2, 0) is 27.3 Å². The predicted octanol–water partition coefficient (Wildman–Crippen LogP) is 3.45. The van der Waals surface area contributed by atoms with E-state index in [0.29, 0.717) is 13.0 Å². The van der Waals surface area contributed by atoms with Crippen LogP contribution in [0.4, 0.5) is 0 Å². The molecule has 1 saturated carbocycles. The number of likely N-dealkylation sites (tertiary alicyclic amines) is 1.